The minimum Gasteiger partial charge on any atom is -0.457 e. The molecule has 10 heteroatoms. The standard InChI is InChI=1S/C32H32N6O3S/c33-20-23(19-22-13-17-42-18-14-22)31(39)36-16-4-5-25(21-36)37-28-12-15-35-30(34)29(28)38(32(37)40)24-8-10-27(11-9-24)41-26-6-2-1-3-7-26/h1-3,6-12,15,19,22,25H,4-5,13-14,16-18,21H2,(H2,34,35)/b23-19+/t25-/m1/s1. The third-order valence-corrected chi connectivity index (χ3v) is 9.00. The van der Waals surface area contributed by atoms with Gasteiger partial charge >= 0.3 is 5.69 Å². The van der Waals surface area contributed by atoms with E-state index in [0.29, 0.717) is 35.6 Å². The summed E-state index contributed by atoms with van der Waals surface area (Å²) in [5, 5.41) is 9.83. The van der Waals surface area contributed by atoms with Crippen LogP contribution in [0, 0.1) is 17.2 Å². The van der Waals surface area contributed by atoms with Crippen LogP contribution in [0.5, 0.6) is 11.5 Å². The lowest BCUT2D eigenvalue weighted by Crippen LogP contribution is -2.43. The molecule has 4 heterocycles. The Kier molecular flexibility index (Phi) is 8.02. The third kappa shape index (κ3) is 5.52. The molecule has 2 aromatic heterocycles. The summed E-state index contributed by atoms with van der Waals surface area (Å²) in [7, 11) is 0. The second-order valence-corrected chi connectivity index (χ2v) is 11.9. The van der Waals surface area contributed by atoms with Crippen LogP contribution in [0.3, 0.4) is 0 Å². The van der Waals surface area contributed by atoms with Crippen LogP contribution in [0.15, 0.2) is 83.3 Å². The van der Waals surface area contributed by atoms with E-state index in [1.165, 1.54) is 0 Å². The van der Waals surface area contributed by atoms with Gasteiger partial charge in [-0.1, -0.05) is 24.3 Å². The van der Waals surface area contributed by atoms with Gasteiger partial charge in [0, 0.05) is 19.3 Å². The number of hydrogen-bond acceptors (Lipinski definition) is 7. The molecule has 2 aromatic carbocycles. The van der Waals surface area contributed by atoms with E-state index in [2.05, 4.69) is 11.1 Å². The number of rotatable bonds is 6. The van der Waals surface area contributed by atoms with E-state index < -0.39 is 0 Å². The molecule has 6 rings (SSSR count). The normalized spacial score (nSPS) is 18.1. The van der Waals surface area contributed by atoms with Crippen molar-refractivity contribution >= 4 is 34.5 Å². The highest BCUT2D eigenvalue weighted by molar-refractivity contribution is 7.99. The molecule has 214 valence electrons. The average molecular weight is 581 g/mol. The van der Waals surface area contributed by atoms with E-state index in [0.717, 1.165) is 42.9 Å². The van der Waals surface area contributed by atoms with Gasteiger partial charge in [0.15, 0.2) is 0 Å². The Morgan fingerprint density at radius 1 is 1.05 bits per heavy atom. The van der Waals surface area contributed by atoms with Gasteiger partial charge in [0.2, 0.25) is 0 Å². The minimum absolute atomic E-state index is 0.202. The maximum absolute atomic E-state index is 14.1. The van der Waals surface area contributed by atoms with E-state index in [9.17, 15) is 14.9 Å². The Morgan fingerprint density at radius 2 is 1.79 bits per heavy atom. The molecule has 0 aliphatic carbocycles. The maximum atomic E-state index is 14.1. The summed E-state index contributed by atoms with van der Waals surface area (Å²) < 4.78 is 9.23. The lowest BCUT2D eigenvalue weighted by Gasteiger charge is -2.33. The molecule has 9 nitrogen and oxygen atoms in total. The monoisotopic (exact) mass is 580 g/mol. The van der Waals surface area contributed by atoms with Crippen LogP contribution >= 0.6 is 11.8 Å². The number of hydrogen-bond donors (Lipinski definition) is 1. The lowest BCUT2D eigenvalue weighted by molar-refractivity contribution is -0.128. The van der Waals surface area contributed by atoms with Gasteiger partial charge in [-0.2, -0.15) is 17.0 Å². The summed E-state index contributed by atoms with van der Waals surface area (Å²) in [6.45, 7) is 0.887. The van der Waals surface area contributed by atoms with Crippen LogP contribution in [0.1, 0.15) is 31.7 Å². The Bertz CT molecular complexity index is 1720. The van der Waals surface area contributed by atoms with Gasteiger partial charge in [-0.05, 0) is 85.6 Å². The van der Waals surface area contributed by atoms with Crippen molar-refractivity contribution in [3.63, 3.8) is 0 Å². The molecular formula is C32H32N6O3S. The predicted molar refractivity (Wildman–Crippen MR) is 165 cm³/mol. The van der Waals surface area contributed by atoms with E-state index in [4.69, 9.17) is 10.5 Å². The molecule has 0 unspecified atom stereocenters. The van der Waals surface area contributed by atoms with Gasteiger partial charge < -0.3 is 15.4 Å². The van der Waals surface area contributed by atoms with Gasteiger partial charge in [-0.15, -0.1) is 0 Å². The van der Waals surface area contributed by atoms with Crippen molar-refractivity contribution in [1.29, 1.82) is 5.26 Å². The highest BCUT2D eigenvalue weighted by Crippen LogP contribution is 2.31. The fourth-order valence-corrected chi connectivity index (χ4v) is 7.01. The van der Waals surface area contributed by atoms with Crippen LogP contribution < -0.4 is 16.2 Å². The van der Waals surface area contributed by atoms with E-state index in [1.54, 1.807) is 26.3 Å². The van der Waals surface area contributed by atoms with Gasteiger partial charge in [-0.3, -0.25) is 13.9 Å². The van der Waals surface area contributed by atoms with Crippen molar-refractivity contribution in [3.8, 4) is 23.3 Å². The van der Waals surface area contributed by atoms with Crippen molar-refractivity contribution < 1.29 is 9.53 Å². The van der Waals surface area contributed by atoms with Crippen LogP contribution in [-0.4, -0.2) is 49.5 Å². The number of ether oxygens (including phenoxy) is 1. The Labute approximate surface area is 248 Å². The third-order valence-electron chi connectivity index (χ3n) is 7.95. The number of pyridine rings is 1. The molecule has 2 N–H and O–H groups in total. The topological polar surface area (TPSA) is 119 Å². The van der Waals surface area contributed by atoms with E-state index in [1.807, 2.05) is 72.4 Å². The quantitative estimate of drug-likeness (QED) is 0.242. The molecule has 42 heavy (non-hydrogen) atoms. The number of benzene rings is 2. The fourth-order valence-electron chi connectivity index (χ4n) is 5.86. The van der Waals surface area contributed by atoms with Gasteiger partial charge in [0.1, 0.15) is 34.5 Å². The Morgan fingerprint density at radius 3 is 2.52 bits per heavy atom. The second kappa shape index (κ2) is 12.2. The molecular weight excluding hydrogens is 548 g/mol. The van der Waals surface area contributed by atoms with E-state index >= 15 is 0 Å². The number of piperidine rings is 1. The van der Waals surface area contributed by atoms with Crippen molar-refractivity contribution in [1.82, 2.24) is 19.0 Å². The molecule has 0 spiro atoms. The first-order chi connectivity index (χ1) is 20.5. The number of carbonyl (C=O) groups excluding carboxylic acids is 1. The summed E-state index contributed by atoms with van der Waals surface area (Å²) in [5.41, 5.74) is 8.11. The first-order valence-corrected chi connectivity index (χ1v) is 15.4. The van der Waals surface area contributed by atoms with Crippen LogP contribution in [0.4, 0.5) is 5.82 Å². The number of para-hydroxylation sites is 1. The molecule has 0 saturated carbocycles. The van der Waals surface area contributed by atoms with Crippen LogP contribution in [0.2, 0.25) is 0 Å². The number of likely N-dealkylation sites (tertiary alicyclic amines) is 1. The summed E-state index contributed by atoms with van der Waals surface area (Å²) >= 11 is 1.91. The number of fused-ring (bicyclic) bond motifs is 1. The molecule has 0 bridgehead atoms. The molecule has 2 aliphatic rings. The molecule has 1 atom stereocenters. The molecule has 2 fully saturated rings. The molecule has 0 radical (unpaired) electrons. The molecule has 2 aliphatic heterocycles. The van der Waals surface area contributed by atoms with Crippen molar-refractivity contribution in [3.05, 3.63) is 89.0 Å². The Hall–Kier alpha value is -4.49. The molecule has 4 aromatic rings. The molecule has 2 saturated heterocycles. The number of allylic oxidation sites excluding steroid dienone is 1. The zero-order chi connectivity index (χ0) is 29.1. The van der Waals surface area contributed by atoms with Crippen molar-refractivity contribution in [2.45, 2.75) is 31.7 Å². The first-order valence-electron chi connectivity index (χ1n) is 14.2. The van der Waals surface area contributed by atoms with Crippen molar-refractivity contribution in [2.24, 2.45) is 5.92 Å². The average Bonchev–Trinajstić information content (AvgIpc) is 3.33. The zero-order valence-electron chi connectivity index (χ0n) is 23.2. The number of carbonyl (C=O) groups is 1. The van der Waals surface area contributed by atoms with Crippen LogP contribution in [0.25, 0.3) is 16.7 Å². The summed E-state index contributed by atoms with van der Waals surface area (Å²) in [4.78, 5) is 33.5. The first kappa shape index (κ1) is 27.7. The number of imidazole rings is 1. The predicted octanol–water partition coefficient (Wildman–Crippen LogP) is 5.32. The zero-order valence-corrected chi connectivity index (χ0v) is 24.0. The van der Waals surface area contributed by atoms with Crippen LogP contribution in [-0.2, 0) is 4.79 Å². The number of amides is 1. The highest BCUT2D eigenvalue weighted by Gasteiger charge is 2.31. The van der Waals surface area contributed by atoms with Gasteiger partial charge in [-0.25, -0.2) is 9.78 Å². The highest BCUT2D eigenvalue weighted by atomic mass is 32.2. The SMILES string of the molecule is N#C/C(=C\C1CCSCC1)C(=O)N1CCC[C@@H](n2c(=O)n(-c3ccc(Oc4ccccc4)cc3)c3c(N)nccc32)C1. The summed E-state index contributed by atoms with van der Waals surface area (Å²) in [6.07, 6.45) is 6.87. The fraction of sp³-hybridized carbons (Fsp3) is 0.312. The maximum Gasteiger partial charge on any atom is 0.334 e. The lowest BCUT2D eigenvalue weighted by atomic mass is 9.98. The minimum atomic E-state index is -0.271. The number of thioether (sulfide) groups is 1. The number of nitriles is 1. The smallest absolute Gasteiger partial charge is 0.334 e. The van der Waals surface area contributed by atoms with Gasteiger partial charge in [0.05, 0.1) is 17.2 Å². The number of aromatic nitrogens is 3. The molecule has 1 amide bonds. The number of nitrogens with two attached hydrogens (primary N) is 1. The number of nitrogen functional groups attached to an aromatic ring is 1. The summed E-state index contributed by atoms with van der Waals surface area (Å²) in [6, 6.07) is 20.4. The van der Waals surface area contributed by atoms with Gasteiger partial charge in [0.25, 0.3) is 5.91 Å². The summed E-state index contributed by atoms with van der Waals surface area (Å²) in [5.74, 6) is 3.70. The largest absolute Gasteiger partial charge is 0.457 e. The number of anilines is 1. The van der Waals surface area contributed by atoms with Crippen molar-refractivity contribution in [2.75, 3.05) is 30.3 Å². The Balaban J connectivity index is 1.31. The second-order valence-electron chi connectivity index (χ2n) is 10.7. The number of nitrogens with zero attached hydrogens (tertiary/aromatic N) is 5. The van der Waals surface area contributed by atoms with E-state index in [-0.39, 0.29) is 34.9 Å².